The third-order valence-corrected chi connectivity index (χ3v) is 6.13. The Labute approximate surface area is 116 Å². The first-order valence-corrected chi connectivity index (χ1v) is 8.82. The fraction of sp³-hybridized carbons (Fsp3) is 1.00. The van der Waals surface area contributed by atoms with Gasteiger partial charge in [0.25, 0.3) is 0 Å². The maximum absolute atomic E-state index is 12.1. The maximum atomic E-state index is 12.1. The van der Waals surface area contributed by atoms with Crippen molar-refractivity contribution in [1.82, 2.24) is 4.31 Å². The number of piperidine rings is 1. The molecular weight excluding hydrogens is 266 g/mol. The summed E-state index contributed by atoms with van der Waals surface area (Å²) in [5.74, 6) is 0.170. The smallest absolute Gasteiger partial charge is 0.213 e. The quantitative estimate of drug-likeness (QED) is 0.765. The van der Waals surface area contributed by atoms with E-state index in [1.54, 1.807) is 11.2 Å². The van der Waals surface area contributed by atoms with Gasteiger partial charge >= 0.3 is 0 Å². The molecule has 0 N–H and O–H groups in total. The molecule has 112 valence electrons. The lowest BCUT2D eigenvalue weighted by molar-refractivity contribution is -0.141. The maximum Gasteiger partial charge on any atom is 0.213 e. The fourth-order valence-corrected chi connectivity index (χ4v) is 4.39. The van der Waals surface area contributed by atoms with Gasteiger partial charge in [0.1, 0.15) is 0 Å². The zero-order valence-electron chi connectivity index (χ0n) is 11.9. The minimum absolute atomic E-state index is 0.144. The van der Waals surface area contributed by atoms with Crippen molar-refractivity contribution < 1.29 is 17.9 Å². The van der Waals surface area contributed by atoms with Crippen LogP contribution in [0.15, 0.2) is 0 Å². The van der Waals surface area contributed by atoms with Gasteiger partial charge in [0.15, 0.2) is 0 Å². The molecule has 0 aromatic carbocycles. The second-order valence-corrected chi connectivity index (χ2v) is 7.74. The third-order valence-electron chi connectivity index (χ3n) is 4.30. The standard InChI is InChI=1S/C13H25NO4S/c1-3-17-11-13-7-5-9-18-12(13)6-8-14(10-13)19(15,16)4-2/h12H,3-11H2,1-2H3/t12-,13+/m0/s1. The summed E-state index contributed by atoms with van der Waals surface area (Å²) in [5.41, 5.74) is -0.144. The highest BCUT2D eigenvalue weighted by Crippen LogP contribution is 2.41. The predicted octanol–water partition coefficient (Wildman–Crippen LogP) is 1.24. The zero-order chi connectivity index (χ0) is 13.9. The van der Waals surface area contributed by atoms with Crippen LogP contribution in [0.3, 0.4) is 0 Å². The first-order chi connectivity index (χ1) is 9.04. The zero-order valence-corrected chi connectivity index (χ0v) is 12.7. The van der Waals surface area contributed by atoms with E-state index >= 15 is 0 Å². The van der Waals surface area contributed by atoms with Gasteiger partial charge in [0.05, 0.1) is 18.5 Å². The van der Waals surface area contributed by atoms with Gasteiger partial charge in [-0.2, -0.15) is 0 Å². The lowest BCUT2D eigenvalue weighted by atomic mass is 9.73. The molecule has 2 rings (SSSR count). The van der Waals surface area contributed by atoms with Crippen LogP contribution in [0.5, 0.6) is 0 Å². The number of nitrogens with zero attached hydrogens (tertiary/aromatic N) is 1. The first-order valence-electron chi connectivity index (χ1n) is 7.21. The van der Waals surface area contributed by atoms with Gasteiger partial charge in [-0.05, 0) is 33.1 Å². The molecule has 0 unspecified atom stereocenters. The molecule has 2 heterocycles. The van der Waals surface area contributed by atoms with E-state index in [1.165, 1.54) is 0 Å². The lowest BCUT2D eigenvalue weighted by Gasteiger charge is -2.49. The molecule has 2 saturated heterocycles. The van der Waals surface area contributed by atoms with E-state index in [1.807, 2.05) is 6.92 Å². The van der Waals surface area contributed by atoms with Crippen molar-refractivity contribution in [1.29, 1.82) is 0 Å². The number of rotatable bonds is 5. The molecule has 19 heavy (non-hydrogen) atoms. The summed E-state index contributed by atoms with van der Waals surface area (Å²) < 4.78 is 37.3. The van der Waals surface area contributed by atoms with Crippen molar-refractivity contribution in [3.8, 4) is 0 Å². The molecule has 0 bridgehead atoms. The molecule has 0 spiro atoms. The summed E-state index contributed by atoms with van der Waals surface area (Å²) in [5, 5.41) is 0. The van der Waals surface area contributed by atoms with Crippen LogP contribution in [-0.4, -0.2) is 57.5 Å². The van der Waals surface area contributed by atoms with E-state index in [2.05, 4.69) is 0 Å². The Balaban J connectivity index is 2.16. The molecule has 2 aliphatic rings. The van der Waals surface area contributed by atoms with Gasteiger partial charge < -0.3 is 9.47 Å². The van der Waals surface area contributed by atoms with Gasteiger partial charge in [0.2, 0.25) is 10.0 Å². The van der Waals surface area contributed by atoms with Crippen molar-refractivity contribution >= 4 is 10.0 Å². The summed E-state index contributed by atoms with van der Waals surface area (Å²) >= 11 is 0. The van der Waals surface area contributed by atoms with Crippen LogP contribution in [0.4, 0.5) is 0 Å². The lowest BCUT2D eigenvalue weighted by Crippen LogP contribution is -2.58. The Morgan fingerprint density at radius 3 is 2.89 bits per heavy atom. The van der Waals surface area contributed by atoms with Crippen LogP contribution >= 0.6 is 0 Å². The van der Waals surface area contributed by atoms with Crippen molar-refractivity contribution in [3.05, 3.63) is 0 Å². The number of hydrogen-bond donors (Lipinski definition) is 0. The Bertz CT molecular complexity index is 397. The van der Waals surface area contributed by atoms with Gasteiger partial charge in [-0.25, -0.2) is 12.7 Å². The molecule has 2 atom stereocenters. The summed E-state index contributed by atoms with van der Waals surface area (Å²) in [6.07, 6.45) is 2.92. The van der Waals surface area contributed by atoms with Gasteiger partial charge in [-0.1, -0.05) is 0 Å². The average Bonchev–Trinajstić information content (AvgIpc) is 2.44. The molecular formula is C13H25NO4S. The molecule has 0 saturated carbocycles. The van der Waals surface area contributed by atoms with E-state index in [9.17, 15) is 8.42 Å². The summed E-state index contributed by atoms with van der Waals surface area (Å²) in [6, 6.07) is 0. The van der Waals surface area contributed by atoms with E-state index < -0.39 is 10.0 Å². The van der Waals surface area contributed by atoms with Crippen LogP contribution in [0.1, 0.15) is 33.1 Å². The van der Waals surface area contributed by atoms with Crippen LogP contribution in [-0.2, 0) is 19.5 Å². The number of hydrogen-bond acceptors (Lipinski definition) is 4. The Morgan fingerprint density at radius 2 is 2.21 bits per heavy atom. The predicted molar refractivity (Wildman–Crippen MR) is 73.6 cm³/mol. The Morgan fingerprint density at radius 1 is 1.42 bits per heavy atom. The highest BCUT2D eigenvalue weighted by atomic mass is 32.2. The van der Waals surface area contributed by atoms with E-state index in [-0.39, 0.29) is 17.3 Å². The number of fused-ring (bicyclic) bond motifs is 1. The summed E-state index contributed by atoms with van der Waals surface area (Å²) in [6.45, 7) is 6.85. The van der Waals surface area contributed by atoms with Crippen molar-refractivity contribution in [2.45, 2.75) is 39.2 Å². The molecule has 2 aliphatic heterocycles. The average molecular weight is 291 g/mol. The Kier molecular flexibility index (Phi) is 4.87. The van der Waals surface area contributed by atoms with Gasteiger partial charge in [-0.15, -0.1) is 0 Å². The molecule has 6 heteroatoms. The van der Waals surface area contributed by atoms with E-state index in [0.29, 0.717) is 26.3 Å². The SMILES string of the molecule is CCOC[C@]12CCCO[C@H]1CCN(S(=O)(=O)CC)C2. The number of ether oxygens (including phenoxy) is 2. The molecule has 0 aliphatic carbocycles. The van der Waals surface area contributed by atoms with Gasteiger partial charge in [0, 0.05) is 31.7 Å². The van der Waals surface area contributed by atoms with Gasteiger partial charge in [-0.3, -0.25) is 0 Å². The summed E-state index contributed by atoms with van der Waals surface area (Å²) in [4.78, 5) is 0. The van der Waals surface area contributed by atoms with Crippen LogP contribution in [0.25, 0.3) is 0 Å². The highest BCUT2D eigenvalue weighted by Gasteiger charge is 2.48. The molecule has 2 fully saturated rings. The summed E-state index contributed by atoms with van der Waals surface area (Å²) in [7, 11) is -3.11. The topological polar surface area (TPSA) is 55.8 Å². The molecule has 0 radical (unpaired) electrons. The minimum Gasteiger partial charge on any atom is -0.381 e. The third kappa shape index (κ3) is 3.12. The van der Waals surface area contributed by atoms with E-state index in [0.717, 1.165) is 25.9 Å². The molecule has 5 nitrogen and oxygen atoms in total. The highest BCUT2D eigenvalue weighted by molar-refractivity contribution is 7.89. The Hall–Kier alpha value is -0.170. The first kappa shape index (κ1) is 15.2. The molecule has 0 aromatic heterocycles. The largest absolute Gasteiger partial charge is 0.381 e. The van der Waals surface area contributed by atoms with Crippen LogP contribution in [0, 0.1) is 5.41 Å². The molecule has 0 aromatic rings. The van der Waals surface area contributed by atoms with E-state index in [4.69, 9.17) is 9.47 Å². The fourth-order valence-electron chi connectivity index (χ4n) is 3.19. The minimum atomic E-state index is -3.11. The van der Waals surface area contributed by atoms with Crippen LogP contribution in [0.2, 0.25) is 0 Å². The molecule has 0 amide bonds. The monoisotopic (exact) mass is 291 g/mol. The van der Waals surface area contributed by atoms with Crippen molar-refractivity contribution in [2.24, 2.45) is 5.41 Å². The second kappa shape index (κ2) is 6.08. The van der Waals surface area contributed by atoms with Crippen molar-refractivity contribution in [2.75, 3.05) is 38.7 Å². The number of sulfonamides is 1. The van der Waals surface area contributed by atoms with Crippen molar-refractivity contribution in [3.63, 3.8) is 0 Å². The second-order valence-electron chi connectivity index (χ2n) is 5.49. The normalized spacial score (nSPS) is 33.1. The van der Waals surface area contributed by atoms with Crippen LogP contribution < -0.4 is 0 Å².